The second-order valence-corrected chi connectivity index (χ2v) is 5.47. The second-order valence-electron chi connectivity index (χ2n) is 4.25. The Morgan fingerprint density at radius 2 is 1.86 bits per heavy atom. The summed E-state index contributed by atoms with van der Waals surface area (Å²) in [6, 6.07) is 9.30. The summed E-state index contributed by atoms with van der Waals surface area (Å²) in [5, 5.41) is 3.04. The van der Waals surface area contributed by atoms with Crippen molar-refractivity contribution in [1.29, 1.82) is 0 Å². The predicted octanol–water partition coefficient (Wildman–Crippen LogP) is 3.79. The minimum Gasteiger partial charge on any atom is -0.450 e. The molecule has 1 saturated heterocycles. The minimum atomic E-state index is -0.515. The number of hydrogen-bond donors (Lipinski definition) is 1. The Morgan fingerprint density at radius 1 is 1.14 bits per heavy atom. The third-order valence-corrected chi connectivity index (χ3v) is 3.52. The quantitative estimate of drug-likeness (QED) is 0.649. The molecule has 106 valence electrons. The van der Waals surface area contributed by atoms with E-state index in [1.807, 2.05) is 0 Å². The maximum atomic E-state index is 12.3. The van der Waals surface area contributed by atoms with Gasteiger partial charge in [-0.25, -0.2) is 9.69 Å². The van der Waals surface area contributed by atoms with Crippen LogP contribution in [-0.2, 0) is 4.79 Å². The van der Waals surface area contributed by atoms with Crippen LogP contribution < -0.4 is 10.2 Å². The molecule has 0 saturated carbocycles. The maximum absolute atomic E-state index is 12.3. The molecule has 0 radical (unpaired) electrons. The van der Waals surface area contributed by atoms with Crippen molar-refractivity contribution < 1.29 is 14.0 Å². The van der Waals surface area contributed by atoms with Crippen molar-refractivity contribution in [2.45, 2.75) is 0 Å². The molecule has 2 heterocycles. The molecule has 3 rings (SSSR count). The summed E-state index contributed by atoms with van der Waals surface area (Å²) < 4.78 is 5.83. The van der Waals surface area contributed by atoms with Crippen molar-refractivity contribution in [2.24, 2.45) is 0 Å². The van der Waals surface area contributed by atoms with Gasteiger partial charge in [-0.3, -0.25) is 4.79 Å². The van der Waals surface area contributed by atoms with Crippen LogP contribution in [0, 0.1) is 0 Å². The molecule has 0 aliphatic carbocycles. The van der Waals surface area contributed by atoms with Gasteiger partial charge in [0.15, 0.2) is 4.67 Å². The summed E-state index contributed by atoms with van der Waals surface area (Å²) in [6.45, 7) is 0. The number of nitrogens with zero attached hydrogens (tertiary/aromatic N) is 1. The maximum Gasteiger partial charge on any atom is 0.333 e. The van der Waals surface area contributed by atoms with E-state index < -0.39 is 11.9 Å². The molecule has 1 aromatic heterocycles. The summed E-state index contributed by atoms with van der Waals surface area (Å²) >= 11 is 8.97. The number of carbonyl (C=O) groups excluding carboxylic acids is 2. The van der Waals surface area contributed by atoms with Gasteiger partial charge in [-0.2, -0.15) is 0 Å². The highest BCUT2D eigenvalue weighted by molar-refractivity contribution is 9.10. The molecule has 7 heteroatoms. The molecule has 0 spiro atoms. The zero-order valence-corrected chi connectivity index (χ0v) is 12.8. The van der Waals surface area contributed by atoms with Crippen LogP contribution in [0.3, 0.4) is 0 Å². The van der Waals surface area contributed by atoms with Gasteiger partial charge in [-0.05, 0) is 52.3 Å². The molecular formula is C14H8BrClN2O3. The predicted molar refractivity (Wildman–Crippen MR) is 81.9 cm³/mol. The highest BCUT2D eigenvalue weighted by Crippen LogP contribution is 2.24. The standard InChI is InChI=1S/C14H8BrClN2O3/c15-12-6-5-10(21-12)7-11-13(19)18(14(20)17-11)9-3-1-8(16)2-4-9/h1-7H,(H,17,20)/b11-7+. The van der Waals surface area contributed by atoms with Crippen LogP contribution in [0.2, 0.25) is 5.02 Å². The van der Waals surface area contributed by atoms with E-state index >= 15 is 0 Å². The first-order valence-electron chi connectivity index (χ1n) is 5.92. The summed E-state index contributed by atoms with van der Waals surface area (Å²) in [4.78, 5) is 25.3. The molecule has 0 unspecified atom stereocenters. The van der Waals surface area contributed by atoms with Crippen molar-refractivity contribution in [2.75, 3.05) is 4.90 Å². The molecule has 21 heavy (non-hydrogen) atoms. The van der Waals surface area contributed by atoms with Gasteiger partial charge < -0.3 is 9.73 Å². The lowest BCUT2D eigenvalue weighted by Crippen LogP contribution is -2.30. The number of furan rings is 1. The number of halogens is 2. The fraction of sp³-hybridized carbons (Fsp3) is 0. The SMILES string of the molecule is O=C1N/C(=C/c2ccc(Br)o2)C(=O)N1c1ccc(Cl)cc1. The van der Waals surface area contributed by atoms with E-state index in [1.54, 1.807) is 36.4 Å². The molecular weight excluding hydrogens is 360 g/mol. The Labute approximate surface area is 133 Å². The average Bonchev–Trinajstić information content (AvgIpc) is 2.96. The highest BCUT2D eigenvalue weighted by atomic mass is 79.9. The Morgan fingerprint density at radius 3 is 2.48 bits per heavy atom. The number of nitrogens with one attached hydrogen (secondary N) is 1. The lowest BCUT2D eigenvalue weighted by Gasteiger charge is -2.11. The minimum absolute atomic E-state index is 0.150. The van der Waals surface area contributed by atoms with Crippen molar-refractivity contribution in [1.82, 2.24) is 5.32 Å². The number of hydrogen-bond acceptors (Lipinski definition) is 3. The number of rotatable bonds is 2. The Bertz CT molecular complexity index is 752. The zero-order chi connectivity index (χ0) is 15.0. The number of amides is 3. The average molecular weight is 368 g/mol. The first kappa shape index (κ1) is 13.9. The fourth-order valence-corrected chi connectivity index (χ4v) is 2.35. The Hall–Kier alpha value is -2.05. The smallest absolute Gasteiger partial charge is 0.333 e. The van der Waals surface area contributed by atoms with Gasteiger partial charge >= 0.3 is 6.03 Å². The normalized spacial score (nSPS) is 16.7. The van der Waals surface area contributed by atoms with E-state index in [9.17, 15) is 9.59 Å². The van der Waals surface area contributed by atoms with Crippen LogP contribution in [0.4, 0.5) is 10.5 Å². The van der Waals surface area contributed by atoms with Crippen LogP contribution in [0.1, 0.15) is 5.76 Å². The number of carbonyl (C=O) groups is 2. The summed E-state index contributed by atoms with van der Waals surface area (Å²) in [5.74, 6) is 0.0123. The summed E-state index contributed by atoms with van der Waals surface area (Å²) in [6.07, 6.45) is 1.47. The number of benzene rings is 1. The van der Waals surface area contributed by atoms with Gasteiger partial charge in [-0.1, -0.05) is 11.6 Å². The highest BCUT2D eigenvalue weighted by Gasteiger charge is 2.35. The first-order chi connectivity index (χ1) is 10.0. The summed E-state index contributed by atoms with van der Waals surface area (Å²) in [7, 11) is 0. The molecule has 2 aromatic rings. The van der Waals surface area contributed by atoms with E-state index in [-0.39, 0.29) is 5.70 Å². The topological polar surface area (TPSA) is 62.6 Å². The molecule has 0 bridgehead atoms. The molecule has 1 N–H and O–H groups in total. The van der Waals surface area contributed by atoms with E-state index in [0.717, 1.165) is 4.90 Å². The van der Waals surface area contributed by atoms with Gasteiger partial charge in [-0.15, -0.1) is 0 Å². The monoisotopic (exact) mass is 366 g/mol. The van der Waals surface area contributed by atoms with Crippen LogP contribution >= 0.6 is 27.5 Å². The third kappa shape index (κ3) is 2.72. The van der Waals surface area contributed by atoms with E-state index in [1.165, 1.54) is 6.08 Å². The van der Waals surface area contributed by atoms with Gasteiger partial charge in [0.2, 0.25) is 0 Å². The Kier molecular flexibility index (Phi) is 3.57. The van der Waals surface area contributed by atoms with Gasteiger partial charge in [0.1, 0.15) is 11.5 Å². The van der Waals surface area contributed by atoms with Crippen LogP contribution in [0.25, 0.3) is 6.08 Å². The van der Waals surface area contributed by atoms with Gasteiger partial charge in [0.05, 0.1) is 5.69 Å². The Balaban J connectivity index is 1.92. The summed E-state index contributed by atoms with van der Waals surface area (Å²) in [5.41, 5.74) is 0.600. The number of urea groups is 1. The third-order valence-electron chi connectivity index (χ3n) is 2.84. The van der Waals surface area contributed by atoms with E-state index in [2.05, 4.69) is 21.2 Å². The molecule has 5 nitrogen and oxygen atoms in total. The fourth-order valence-electron chi connectivity index (χ4n) is 1.91. The van der Waals surface area contributed by atoms with E-state index in [0.29, 0.717) is 21.1 Å². The van der Waals surface area contributed by atoms with Crippen LogP contribution in [-0.4, -0.2) is 11.9 Å². The van der Waals surface area contributed by atoms with Crippen molar-refractivity contribution in [3.63, 3.8) is 0 Å². The van der Waals surface area contributed by atoms with Crippen molar-refractivity contribution in [3.05, 3.63) is 57.5 Å². The molecule has 0 atom stereocenters. The molecule has 1 aromatic carbocycles. The van der Waals surface area contributed by atoms with Crippen molar-refractivity contribution >= 4 is 51.2 Å². The van der Waals surface area contributed by atoms with Crippen LogP contribution in [0.5, 0.6) is 0 Å². The lowest BCUT2D eigenvalue weighted by atomic mass is 10.3. The first-order valence-corrected chi connectivity index (χ1v) is 7.10. The molecule has 1 aliphatic heterocycles. The molecule has 1 aliphatic rings. The largest absolute Gasteiger partial charge is 0.450 e. The molecule has 3 amide bonds. The number of anilines is 1. The number of imide groups is 1. The van der Waals surface area contributed by atoms with Gasteiger partial charge in [0, 0.05) is 11.1 Å². The van der Waals surface area contributed by atoms with Crippen LogP contribution in [0.15, 0.2) is 51.2 Å². The van der Waals surface area contributed by atoms with Crippen molar-refractivity contribution in [3.8, 4) is 0 Å². The van der Waals surface area contributed by atoms with E-state index in [4.69, 9.17) is 16.0 Å². The lowest BCUT2D eigenvalue weighted by molar-refractivity contribution is -0.113. The zero-order valence-electron chi connectivity index (χ0n) is 10.5. The second kappa shape index (κ2) is 5.38. The van der Waals surface area contributed by atoms with Gasteiger partial charge in [0.25, 0.3) is 5.91 Å². The molecule has 1 fully saturated rings.